The first-order valence-corrected chi connectivity index (χ1v) is 15.2. The lowest BCUT2D eigenvalue weighted by molar-refractivity contribution is -0.126. The second-order valence-corrected chi connectivity index (χ2v) is 12.7. The summed E-state index contributed by atoms with van der Waals surface area (Å²) in [5.41, 5.74) is -2.11. The Labute approximate surface area is 235 Å². The Balaban J connectivity index is 1.72. The molecule has 0 spiro atoms. The lowest BCUT2D eigenvalue weighted by atomic mass is 9.92. The van der Waals surface area contributed by atoms with Gasteiger partial charge in [-0.25, -0.2) is 4.79 Å². The average Bonchev–Trinajstić information content (AvgIpc) is 3.50. The highest BCUT2D eigenvalue weighted by Crippen LogP contribution is 2.36. The van der Waals surface area contributed by atoms with E-state index in [1.807, 2.05) is 38.1 Å². The minimum Gasteiger partial charge on any atom is -0.497 e. The SMILES string of the molecule is COc1ccc(CC2(OC(=O)N[C@@H](CC(C)C)C(=O)N[C@@H](C[C@@H]3CCNC3=O)C(O)S(=O)(=O)O)CCCC2)cc1. The zero-order chi connectivity index (χ0) is 29.5. The van der Waals surface area contributed by atoms with Crippen LogP contribution in [-0.4, -0.2) is 72.8 Å². The standard InChI is InChI=1S/C27H41N3O9S/c1-17(2)14-21(24(32)29-22(25(33)40(35,36)37)15-19-10-13-28-23(19)31)30-26(34)39-27(11-4-5-12-27)16-18-6-8-20(38-3)9-7-18/h6-9,17,19,21-22,25,33H,4-5,10-16H2,1-3H3,(H,28,31)(H,29,32)(H,30,34)(H,35,36,37)/t19-,21-,22-,25?/m0/s1. The molecule has 2 aliphatic rings. The second kappa shape index (κ2) is 13.6. The van der Waals surface area contributed by atoms with Crippen LogP contribution in [0.1, 0.15) is 64.4 Å². The Hall–Kier alpha value is -2.90. The van der Waals surface area contributed by atoms with Gasteiger partial charge in [-0.15, -0.1) is 0 Å². The number of aliphatic hydroxyl groups excluding tert-OH is 1. The molecule has 1 aromatic rings. The number of methoxy groups -OCH3 is 1. The normalized spacial score (nSPS) is 20.9. The first-order chi connectivity index (χ1) is 18.8. The largest absolute Gasteiger partial charge is 0.497 e. The highest BCUT2D eigenvalue weighted by Gasteiger charge is 2.40. The van der Waals surface area contributed by atoms with E-state index in [0.717, 1.165) is 24.2 Å². The summed E-state index contributed by atoms with van der Waals surface area (Å²) >= 11 is 0. The smallest absolute Gasteiger partial charge is 0.408 e. The Morgan fingerprint density at radius 2 is 1.80 bits per heavy atom. The molecule has 1 aromatic carbocycles. The maximum absolute atomic E-state index is 13.3. The maximum Gasteiger partial charge on any atom is 0.408 e. The molecule has 1 saturated carbocycles. The van der Waals surface area contributed by atoms with Gasteiger partial charge in [0.05, 0.1) is 13.2 Å². The molecule has 12 nitrogen and oxygen atoms in total. The zero-order valence-corrected chi connectivity index (χ0v) is 24.0. The van der Waals surface area contributed by atoms with E-state index >= 15 is 0 Å². The molecule has 0 bridgehead atoms. The van der Waals surface area contributed by atoms with Gasteiger partial charge in [0.25, 0.3) is 10.1 Å². The molecule has 1 aliphatic carbocycles. The van der Waals surface area contributed by atoms with Gasteiger partial charge >= 0.3 is 6.09 Å². The molecule has 40 heavy (non-hydrogen) atoms. The Morgan fingerprint density at radius 3 is 2.33 bits per heavy atom. The van der Waals surface area contributed by atoms with Gasteiger partial charge in [-0.05, 0) is 68.6 Å². The highest BCUT2D eigenvalue weighted by atomic mass is 32.2. The van der Waals surface area contributed by atoms with Crippen LogP contribution in [0.3, 0.4) is 0 Å². The van der Waals surface area contributed by atoms with Crippen LogP contribution in [0.4, 0.5) is 4.79 Å². The molecule has 1 heterocycles. The molecular weight excluding hydrogens is 542 g/mol. The van der Waals surface area contributed by atoms with Crippen LogP contribution >= 0.6 is 0 Å². The van der Waals surface area contributed by atoms with Crippen molar-refractivity contribution < 1.29 is 41.9 Å². The summed E-state index contributed by atoms with van der Waals surface area (Å²) in [7, 11) is -3.36. The first kappa shape index (κ1) is 31.6. The number of ether oxygens (including phenoxy) is 2. The summed E-state index contributed by atoms with van der Waals surface area (Å²) in [6, 6.07) is 4.93. The van der Waals surface area contributed by atoms with E-state index < -0.39 is 51.2 Å². The highest BCUT2D eigenvalue weighted by molar-refractivity contribution is 7.86. The molecule has 1 unspecified atom stereocenters. The summed E-state index contributed by atoms with van der Waals surface area (Å²) in [5, 5.41) is 18.0. The quantitative estimate of drug-likeness (QED) is 0.217. The van der Waals surface area contributed by atoms with Crippen molar-refractivity contribution in [2.75, 3.05) is 13.7 Å². The molecule has 1 saturated heterocycles. The molecule has 13 heteroatoms. The number of nitrogens with one attached hydrogen (secondary N) is 3. The molecule has 2 fully saturated rings. The van der Waals surface area contributed by atoms with Gasteiger partial charge in [0.1, 0.15) is 17.4 Å². The van der Waals surface area contributed by atoms with Crippen LogP contribution in [-0.2, 0) is 30.9 Å². The van der Waals surface area contributed by atoms with Crippen molar-refractivity contribution in [2.24, 2.45) is 11.8 Å². The van der Waals surface area contributed by atoms with Crippen LogP contribution in [0.25, 0.3) is 0 Å². The fourth-order valence-electron chi connectivity index (χ4n) is 5.43. The lowest BCUT2D eigenvalue weighted by Gasteiger charge is -2.31. The lowest BCUT2D eigenvalue weighted by Crippen LogP contribution is -2.55. The Bertz CT molecular complexity index is 1130. The number of amides is 3. The van der Waals surface area contributed by atoms with Gasteiger partial charge in [-0.2, -0.15) is 8.42 Å². The molecule has 0 radical (unpaired) electrons. The predicted octanol–water partition coefficient (Wildman–Crippen LogP) is 1.91. The Morgan fingerprint density at radius 1 is 1.15 bits per heavy atom. The van der Waals surface area contributed by atoms with E-state index in [-0.39, 0.29) is 24.7 Å². The van der Waals surface area contributed by atoms with Crippen molar-refractivity contribution in [3.63, 3.8) is 0 Å². The molecule has 3 rings (SSSR count). The average molecular weight is 584 g/mol. The number of aliphatic hydroxyl groups is 1. The molecular formula is C27H41N3O9S. The molecule has 3 amide bonds. The van der Waals surface area contributed by atoms with Crippen molar-refractivity contribution in [2.45, 2.75) is 88.3 Å². The number of benzene rings is 1. The van der Waals surface area contributed by atoms with Gasteiger partial charge in [0, 0.05) is 18.9 Å². The molecule has 1 aliphatic heterocycles. The van der Waals surface area contributed by atoms with Crippen LogP contribution in [0.5, 0.6) is 5.75 Å². The van der Waals surface area contributed by atoms with Crippen LogP contribution in [0.2, 0.25) is 0 Å². The second-order valence-electron chi connectivity index (χ2n) is 11.2. The summed E-state index contributed by atoms with van der Waals surface area (Å²) < 4.78 is 44.0. The minimum absolute atomic E-state index is 0.0404. The molecule has 0 aromatic heterocycles. The van der Waals surface area contributed by atoms with Crippen molar-refractivity contribution >= 4 is 28.0 Å². The third-order valence-corrected chi connectivity index (χ3v) is 8.44. The first-order valence-electron chi connectivity index (χ1n) is 13.7. The number of rotatable bonds is 13. The van der Waals surface area contributed by atoms with Gasteiger partial charge < -0.3 is 30.5 Å². The topological polar surface area (TPSA) is 180 Å². The van der Waals surface area contributed by atoms with Crippen molar-refractivity contribution in [1.29, 1.82) is 0 Å². The van der Waals surface area contributed by atoms with Crippen LogP contribution in [0.15, 0.2) is 24.3 Å². The summed E-state index contributed by atoms with van der Waals surface area (Å²) in [4.78, 5) is 38.5. The van der Waals surface area contributed by atoms with Crippen LogP contribution < -0.4 is 20.7 Å². The maximum atomic E-state index is 13.3. The van der Waals surface area contributed by atoms with E-state index in [1.165, 1.54) is 0 Å². The van der Waals surface area contributed by atoms with E-state index in [4.69, 9.17) is 9.47 Å². The zero-order valence-electron chi connectivity index (χ0n) is 23.2. The van der Waals surface area contributed by atoms with Gasteiger partial charge in [-0.3, -0.25) is 14.1 Å². The van der Waals surface area contributed by atoms with Gasteiger partial charge in [0.15, 0.2) is 0 Å². The predicted molar refractivity (Wildman–Crippen MR) is 146 cm³/mol. The van der Waals surface area contributed by atoms with E-state index in [2.05, 4.69) is 16.0 Å². The number of carbonyl (C=O) groups is 3. The van der Waals surface area contributed by atoms with Crippen molar-refractivity contribution in [3.05, 3.63) is 29.8 Å². The molecule has 224 valence electrons. The summed E-state index contributed by atoms with van der Waals surface area (Å²) in [5.74, 6) is -1.06. The van der Waals surface area contributed by atoms with E-state index in [9.17, 15) is 32.5 Å². The van der Waals surface area contributed by atoms with Crippen molar-refractivity contribution in [3.8, 4) is 5.75 Å². The number of carbonyl (C=O) groups excluding carboxylic acids is 3. The molecule has 5 N–H and O–H groups in total. The van der Waals surface area contributed by atoms with E-state index in [1.54, 1.807) is 7.11 Å². The summed E-state index contributed by atoms with van der Waals surface area (Å²) in [6.07, 6.45) is 3.22. The van der Waals surface area contributed by atoms with Gasteiger partial charge in [-0.1, -0.05) is 26.0 Å². The third kappa shape index (κ3) is 8.80. The number of hydrogen-bond donors (Lipinski definition) is 5. The fourth-order valence-corrected chi connectivity index (χ4v) is 6.03. The number of hydrogen-bond acceptors (Lipinski definition) is 8. The van der Waals surface area contributed by atoms with Crippen molar-refractivity contribution in [1.82, 2.24) is 16.0 Å². The Kier molecular flexibility index (Phi) is 10.8. The monoisotopic (exact) mass is 583 g/mol. The molecule has 4 atom stereocenters. The van der Waals surface area contributed by atoms with Gasteiger partial charge in [0.2, 0.25) is 17.3 Å². The minimum atomic E-state index is -4.95. The van der Waals surface area contributed by atoms with Crippen LogP contribution in [0, 0.1) is 11.8 Å². The third-order valence-electron chi connectivity index (χ3n) is 7.50. The summed E-state index contributed by atoms with van der Waals surface area (Å²) in [6.45, 7) is 4.08. The fraction of sp³-hybridized carbons (Fsp3) is 0.667. The number of alkyl carbamates (subject to hydrolysis) is 1. The van der Waals surface area contributed by atoms with E-state index in [0.29, 0.717) is 32.2 Å².